The second-order valence-electron chi connectivity index (χ2n) is 5.12. The van der Waals surface area contributed by atoms with Crippen molar-refractivity contribution in [2.24, 2.45) is 4.99 Å². The SMILES string of the molecule is CN1CC(O)(C(F)(F)C(F)(F)C(F)(F)F)N=C1c1ccccc1. The van der Waals surface area contributed by atoms with E-state index in [4.69, 9.17) is 0 Å². The van der Waals surface area contributed by atoms with E-state index in [1.54, 1.807) is 6.07 Å². The number of hydrogen-bond acceptors (Lipinski definition) is 3. The molecule has 1 unspecified atom stereocenters. The highest BCUT2D eigenvalue weighted by atomic mass is 19.4. The average Bonchev–Trinajstić information content (AvgIpc) is 2.75. The summed E-state index contributed by atoms with van der Waals surface area (Å²) in [7, 11) is 1.14. The monoisotopic (exact) mass is 344 g/mol. The molecule has 0 aromatic heterocycles. The summed E-state index contributed by atoms with van der Waals surface area (Å²) in [6.45, 7) is -1.21. The molecule has 1 aromatic rings. The number of alkyl halides is 7. The third-order valence-corrected chi connectivity index (χ3v) is 3.40. The van der Waals surface area contributed by atoms with Crippen LogP contribution in [-0.4, -0.2) is 53.2 Å². The van der Waals surface area contributed by atoms with Crippen molar-refractivity contribution in [1.82, 2.24) is 4.90 Å². The van der Waals surface area contributed by atoms with E-state index in [1.165, 1.54) is 24.3 Å². The molecule has 0 saturated heterocycles. The average molecular weight is 344 g/mol. The minimum Gasteiger partial charge on any atom is -0.363 e. The number of rotatable bonds is 3. The Kier molecular flexibility index (Phi) is 3.87. The lowest BCUT2D eigenvalue weighted by molar-refractivity contribution is -0.386. The van der Waals surface area contributed by atoms with Gasteiger partial charge in [-0.2, -0.15) is 30.7 Å². The molecule has 0 fully saturated rings. The minimum atomic E-state index is -6.53. The Labute approximate surface area is 126 Å². The van der Waals surface area contributed by atoms with Crippen LogP contribution in [0.5, 0.6) is 0 Å². The molecule has 1 aromatic carbocycles. The molecule has 0 amide bonds. The van der Waals surface area contributed by atoms with Crippen LogP contribution in [0.25, 0.3) is 0 Å². The van der Waals surface area contributed by atoms with Crippen LogP contribution in [0.15, 0.2) is 35.3 Å². The summed E-state index contributed by atoms with van der Waals surface area (Å²) in [6, 6.07) is 7.34. The fraction of sp³-hybridized carbons (Fsp3) is 0.462. The topological polar surface area (TPSA) is 35.8 Å². The Bertz CT molecular complexity index is 614. The molecule has 0 saturated carbocycles. The van der Waals surface area contributed by atoms with E-state index in [-0.39, 0.29) is 11.4 Å². The van der Waals surface area contributed by atoms with Gasteiger partial charge in [-0.3, -0.25) is 0 Å². The largest absolute Gasteiger partial charge is 0.460 e. The molecular weight excluding hydrogens is 333 g/mol. The van der Waals surface area contributed by atoms with E-state index < -0.39 is 30.3 Å². The van der Waals surface area contributed by atoms with Crippen molar-refractivity contribution < 1.29 is 35.8 Å². The van der Waals surface area contributed by atoms with Crippen molar-refractivity contribution in [2.75, 3.05) is 13.6 Å². The maximum absolute atomic E-state index is 13.8. The van der Waals surface area contributed by atoms with Crippen LogP contribution < -0.4 is 0 Å². The van der Waals surface area contributed by atoms with Crippen LogP contribution in [-0.2, 0) is 0 Å². The first-order chi connectivity index (χ1) is 10.3. The Morgan fingerprint density at radius 3 is 2.04 bits per heavy atom. The van der Waals surface area contributed by atoms with Crippen molar-refractivity contribution in [2.45, 2.75) is 23.7 Å². The molecule has 0 bridgehead atoms. The summed E-state index contributed by atoms with van der Waals surface area (Å²) >= 11 is 0. The Morgan fingerprint density at radius 1 is 1.04 bits per heavy atom. The van der Waals surface area contributed by atoms with E-state index in [0.717, 1.165) is 11.9 Å². The van der Waals surface area contributed by atoms with Gasteiger partial charge in [-0.05, 0) is 0 Å². The maximum Gasteiger partial charge on any atom is 0.460 e. The second kappa shape index (κ2) is 5.08. The van der Waals surface area contributed by atoms with Crippen molar-refractivity contribution in [3.05, 3.63) is 35.9 Å². The predicted octanol–water partition coefficient (Wildman–Crippen LogP) is 2.90. The predicted molar refractivity (Wildman–Crippen MR) is 66.5 cm³/mol. The quantitative estimate of drug-likeness (QED) is 0.856. The van der Waals surface area contributed by atoms with Crippen molar-refractivity contribution in [3.8, 4) is 0 Å². The first kappa shape index (κ1) is 17.5. The number of halogens is 7. The summed E-state index contributed by atoms with van der Waals surface area (Å²) in [5.41, 5.74) is -3.72. The number of β-amino-alcohol motifs (C(OH)–C–C–N with tert-alkyl or cyclic N) is 1. The van der Waals surface area contributed by atoms with Crippen molar-refractivity contribution in [3.63, 3.8) is 0 Å². The van der Waals surface area contributed by atoms with Gasteiger partial charge in [-0.1, -0.05) is 30.3 Å². The number of aliphatic hydroxyl groups is 1. The molecular formula is C13H11F7N2O. The normalized spacial score (nSPS) is 23.2. The molecule has 3 nitrogen and oxygen atoms in total. The van der Waals surface area contributed by atoms with Gasteiger partial charge in [0.1, 0.15) is 5.84 Å². The molecule has 2 rings (SSSR count). The van der Waals surface area contributed by atoms with E-state index in [0.29, 0.717) is 0 Å². The zero-order valence-electron chi connectivity index (χ0n) is 11.6. The summed E-state index contributed by atoms with van der Waals surface area (Å²) in [5.74, 6) is -12.6. The number of hydrogen-bond donors (Lipinski definition) is 1. The van der Waals surface area contributed by atoms with Gasteiger partial charge >= 0.3 is 18.0 Å². The number of nitrogens with zero attached hydrogens (tertiary/aromatic N) is 2. The Hall–Kier alpha value is -1.84. The Morgan fingerprint density at radius 2 is 1.57 bits per heavy atom. The first-order valence-corrected chi connectivity index (χ1v) is 6.24. The molecule has 1 atom stereocenters. The van der Waals surface area contributed by atoms with E-state index in [1.807, 2.05) is 0 Å². The fourth-order valence-corrected chi connectivity index (χ4v) is 2.17. The van der Waals surface area contributed by atoms with E-state index in [2.05, 4.69) is 4.99 Å². The van der Waals surface area contributed by atoms with Gasteiger partial charge in [0.25, 0.3) is 0 Å². The van der Waals surface area contributed by atoms with Gasteiger partial charge in [0.15, 0.2) is 0 Å². The molecule has 1 aliphatic rings. The number of benzene rings is 1. The minimum absolute atomic E-state index is 0.192. The third-order valence-electron chi connectivity index (χ3n) is 3.40. The zero-order chi connectivity index (χ0) is 17.7. The molecule has 1 heterocycles. The molecule has 0 radical (unpaired) electrons. The molecule has 0 aliphatic carbocycles. The molecule has 1 aliphatic heterocycles. The highest BCUT2D eigenvalue weighted by Gasteiger charge is 2.80. The van der Waals surface area contributed by atoms with Crippen LogP contribution in [0.1, 0.15) is 5.56 Å². The first-order valence-electron chi connectivity index (χ1n) is 6.24. The second-order valence-corrected chi connectivity index (χ2v) is 5.12. The van der Waals surface area contributed by atoms with Gasteiger partial charge in [0, 0.05) is 12.6 Å². The van der Waals surface area contributed by atoms with Crippen molar-refractivity contribution >= 4 is 5.84 Å². The summed E-state index contributed by atoms with van der Waals surface area (Å²) < 4.78 is 90.7. The van der Waals surface area contributed by atoms with Gasteiger partial charge in [0.2, 0.25) is 5.72 Å². The highest BCUT2D eigenvalue weighted by molar-refractivity contribution is 6.00. The standard InChI is InChI=1S/C13H11F7N2O/c1-22-7-10(23,11(14,15)12(16,17)13(18,19)20)21-9(22)8-5-3-2-4-6-8/h2-6,23H,7H2,1H3. The molecule has 128 valence electrons. The zero-order valence-corrected chi connectivity index (χ0v) is 11.6. The number of amidine groups is 1. The summed E-state index contributed by atoms with van der Waals surface area (Å²) in [5, 5.41) is 9.76. The molecule has 1 N–H and O–H groups in total. The van der Waals surface area contributed by atoms with Crippen LogP contribution in [0.4, 0.5) is 30.7 Å². The molecule has 10 heteroatoms. The van der Waals surface area contributed by atoms with Gasteiger partial charge in [-0.25, -0.2) is 4.99 Å². The molecule has 0 spiro atoms. The number of aliphatic imine (C=N–C) groups is 1. The summed E-state index contributed by atoms with van der Waals surface area (Å²) in [4.78, 5) is 3.98. The van der Waals surface area contributed by atoms with Crippen LogP contribution in [0.2, 0.25) is 0 Å². The highest BCUT2D eigenvalue weighted by Crippen LogP contribution is 2.52. The van der Waals surface area contributed by atoms with Crippen molar-refractivity contribution in [1.29, 1.82) is 0 Å². The van der Waals surface area contributed by atoms with Crippen LogP contribution in [0, 0.1) is 0 Å². The van der Waals surface area contributed by atoms with Gasteiger partial charge < -0.3 is 10.0 Å². The lowest BCUT2D eigenvalue weighted by Gasteiger charge is -2.35. The van der Waals surface area contributed by atoms with Crippen LogP contribution >= 0.6 is 0 Å². The fourth-order valence-electron chi connectivity index (χ4n) is 2.17. The van der Waals surface area contributed by atoms with Crippen LogP contribution in [0.3, 0.4) is 0 Å². The Balaban J connectivity index is 2.49. The third kappa shape index (κ3) is 2.54. The summed E-state index contributed by atoms with van der Waals surface area (Å²) in [6.07, 6.45) is -6.53. The lowest BCUT2D eigenvalue weighted by Crippen LogP contribution is -2.64. The van der Waals surface area contributed by atoms with Gasteiger partial charge in [-0.15, -0.1) is 0 Å². The lowest BCUT2D eigenvalue weighted by atomic mass is 9.99. The van der Waals surface area contributed by atoms with E-state index >= 15 is 0 Å². The van der Waals surface area contributed by atoms with Gasteiger partial charge in [0.05, 0.1) is 6.54 Å². The molecule has 23 heavy (non-hydrogen) atoms. The maximum atomic E-state index is 13.8. The smallest absolute Gasteiger partial charge is 0.363 e. The van der Waals surface area contributed by atoms with E-state index in [9.17, 15) is 35.8 Å². The number of likely N-dealkylation sites (N-methyl/N-ethyl adjacent to an activating group) is 1.